The van der Waals surface area contributed by atoms with Gasteiger partial charge >= 0.3 is 0 Å². The predicted octanol–water partition coefficient (Wildman–Crippen LogP) is 4.47. The highest BCUT2D eigenvalue weighted by Crippen LogP contribution is 2.23. The normalized spacial score (nSPS) is 10.9. The molecule has 0 atom stereocenters. The summed E-state index contributed by atoms with van der Waals surface area (Å²) in [5.41, 5.74) is 11.8. The zero-order valence-electron chi connectivity index (χ0n) is 14.3. The van der Waals surface area contributed by atoms with Crippen molar-refractivity contribution in [3.05, 3.63) is 77.2 Å². The minimum Gasteiger partial charge on any atom is -0.348 e. The molecule has 0 aliphatic rings. The first-order valence-electron chi connectivity index (χ1n) is 8.71. The van der Waals surface area contributed by atoms with Gasteiger partial charge in [-0.2, -0.15) is 0 Å². The number of aromatic nitrogens is 2. The molecule has 3 N–H and O–H groups in total. The molecule has 0 amide bonds. The Morgan fingerprint density at radius 3 is 2.42 bits per heavy atom. The number of benzene rings is 2. The van der Waals surface area contributed by atoms with Gasteiger partial charge in [-0.15, -0.1) is 0 Å². The van der Waals surface area contributed by atoms with Crippen molar-refractivity contribution in [2.45, 2.75) is 39.2 Å². The van der Waals surface area contributed by atoms with E-state index >= 15 is 0 Å². The van der Waals surface area contributed by atoms with Crippen molar-refractivity contribution in [2.75, 3.05) is 0 Å². The van der Waals surface area contributed by atoms with E-state index in [4.69, 9.17) is 10.7 Å². The molecule has 124 valence electrons. The number of aryl methyl sites for hydroxylation is 1. The average molecular weight is 319 g/mol. The number of nitrogens with two attached hydrogens (primary N) is 1. The summed E-state index contributed by atoms with van der Waals surface area (Å²) in [5.74, 6) is 1.00. The highest BCUT2D eigenvalue weighted by atomic mass is 14.9. The van der Waals surface area contributed by atoms with Crippen LogP contribution in [0.25, 0.3) is 11.3 Å². The first kappa shape index (κ1) is 16.5. The summed E-state index contributed by atoms with van der Waals surface area (Å²) < 4.78 is 0. The first-order chi connectivity index (χ1) is 11.8. The van der Waals surface area contributed by atoms with E-state index in [-0.39, 0.29) is 0 Å². The Morgan fingerprint density at radius 1 is 0.958 bits per heavy atom. The van der Waals surface area contributed by atoms with Crippen LogP contribution in [0.3, 0.4) is 0 Å². The average Bonchev–Trinajstić information content (AvgIpc) is 3.09. The fourth-order valence-corrected chi connectivity index (χ4v) is 3.06. The molecule has 0 radical (unpaired) electrons. The molecule has 24 heavy (non-hydrogen) atoms. The number of hydrogen-bond acceptors (Lipinski definition) is 2. The van der Waals surface area contributed by atoms with E-state index in [0.717, 1.165) is 35.5 Å². The largest absolute Gasteiger partial charge is 0.348 e. The van der Waals surface area contributed by atoms with Crippen molar-refractivity contribution >= 4 is 0 Å². The summed E-state index contributed by atoms with van der Waals surface area (Å²) in [6, 6.07) is 16.9. The lowest BCUT2D eigenvalue weighted by molar-refractivity contribution is 0.787. The molecule has 3 aromatic rings. The maximum absolute atomic E-state index is 5.85. The van der Waals surface area contributed by atoms with Crippen LogP contribution < -0.4 is 5.73 Å². The fourth-order valence-electron chi connectivity index (χ4n) is 3.06. The molecule has 0 aliphatic carbocycles. The van der Waals surface area contributed by atoms with Gasteiger partial charge in [-0.3, -0.25) is 0 Å². The molecule has 3 rings (SSSR count). The van der Waals surface area contributed by atoms with Crippen LogP contribution in [0.5, 0.6) is 0 Å². The molecule has 1 heterocycles. The quantitative estimate of drug-likeness (QED) is 0.675. The summed E-state index contributed by atoms with van der Waals surface area (Å²) in [6.45, 7) is 2.76. The van der Waals surface area contributed by atoms with Crippen LogP contribution in [0.2, 0.25) is 0 Å². The molecular weight excluding hydrogens is 294 g/mol. The van der Waals surface area contributed by atoms with Gasteiger partial charge in [0.1, 0.15) is 5.82 Å². The van der Waals surface area contributed by atoms with Crippen LogP contribution in [-0.4, -0.2) is 9.97 Å². The summed E-state index contributed by atoms with van der Waals surface area (Å²) in [6.07, 6.45) is 6.40. The van der Waals surface area contributed by atoms with Crippen LogP contribution >= 0.6 is 0 Å². The molecule has 0 fully saturated rings. The number of nitrogens with zero attached hydrogens (tertiary/aromatic N) is 1. The van der Waals surface area contributed by atoms with Gasteiger partial charge < -0.3 is 10.7 Å². The Balaban J connectivity index is 1.82. The SMILES string of the molecule is CCCCc1ccccc1Cc1nc(-c2ccccc2CN)c[nH]1. The highest BCUT2D eigenvalue weighted by Gasteiger charge is 2.09. The van der Waals surface area contributed by atoms with Gasteiger partial charge in [0.25, 0.3) is 0 Å². The van der Waals surface area contributed by atoms with Crippen LogP contribution in [0.15, 0.2) is 54.7 Å². The zero-order valence-corrected chi connectivity index (χ0v) is 14.3. The minimum absolute atomic E-state index is 0.526. The lowest BCUT2D eigenvalue weighted by atomic mass is 9.99. The standard InChI is InChI=1S/C21H25N3/c1-2-3-8-16-9-4-5-10-17(16)13-21-23-15-20(24-21)19-12-7-6-11-18(19)14-22/h4-7,9-12,15H,2-3,8,13-14,22H2,1H3,(H,23,24). The topological polar surface area (TPSA) is 54.7 Å². The van der Waals surface area contributed by atoms with Gasteiger partial charge in [0.15, 0.2) is 0 Å². The van der Waals surface area contributed by atoms with Gasteiger partial charge in [0.2, 0.25) is 0 Å². The molecule has 3 nitrogen and oxygen atoms in total. The summed E-state index contributed by atoms with van der Waals surface area (Å²) in [7, 11) is 0. The third-order valence-electron chi connectivity index (χ3n) is 4.42. The molecular formula is C21H25N3. The number of rotatable bonds is 7. The van der Waals surface area contributed by atoms with Crippen molar-refractivity contribution in [3.63, 3.8) is 0 Å². The molecule has 0 bridgehead atoms. The second kappa shape index (κ2) is 7.93. The molecule has 0 unspecified atom stereocenters. The lowest BCUT2D eigenvalue weighted by Crippen LogP contribution is -1.99. The zero-order chi connectivity index (χ0) is 16.8. The highest BCUT2D eigenvalue weighted by molar-refractivity contribution is 5.63. The molecule has 0 saturated heterocycles. The van der Waals surface area contributed by atoms with E-state index in [1.807, 2.05) is 18.3 Å². The van der Waals surface area contributed by atoms with Crippen LogP contribution in [0.1, 0.15) is 42.3 Å². The molecule has 3 heteroatoms. The van der Waals surface area contributed by atoms with E-state index < -0.39 is 0 Å². The number of imidazole rings is 1. The van der Waals surface area contributed by atoms with E-state index in [1.165, 1.54) is 24.0 Å². The van der Waals surface area contributed by atoms with Gasteiger partial charge in [0, 0.05) is 24.7 Å². The second-order valence-electron chi connectivity index (χ2n) is 6.14. The van der Waals surface area contributed by atoms with E-state index in [2.05, 4.69) is 48.3 Å². The van der Waals surface area contributed by atoms with Crippen molar-refractivity contribution in [1.82, 2.24) is 9.97 Å². The number of aromatic amines is 1. The second-order valence-corrected chi connectivity index (χ2v) is 6.14. The summed E-state index contributed by atoms with van der Waals surface area (Å²) in [5, 5.41) is 0. The third kappa shape index (κ3) is 3.74. The lowest BCUT2D eigenvalue weighted by Gasteiger charge is -2.07. The molecule has 1 aromatic heterocycles. The Hall–Kier alpha value is -2.39. The van der Waals surface area contributed by atoms with Gasteiger partial charge in [-0.1, -0.05) is 61.9 Å². The van der Waals surface area contributed by atoms with Crippen molar-refractivity contribution in [2.24, 2.45) is 5.73 Å². The Bertz CT molecular complexity index is 789. The number of H-pyrrole nitrogens is 1. The molecule has 0 saturated carbocycles. The van der Waals surface area contributed by atoms with Gasteiger partial charge in [-0.25, -0.2) is 4.98 Å². The first-order valence-corrected chi connectivity index (χ1v) is 8.71. The fraction of sp³-hybridized carbons (Fsp3) is 0.286. The van der Waals surface area contributed by atoms with Crippen LogP contribution in [-0.2, 0) is 19.4 Å². The van der Waals surface area contributed by atoms with E-state index in [1.54, 1.807) is 0 Å². The van der Waals surface area contributed by atoms with Gasteiger partial charge in [0.05, 0.1) is 5.69 Å². The van der Waals surface area contributed by atoms with Crippen molar-refractivity contribution < 1.29 is 0 Å². The Kier molecular flexibility index (Phi) is 5.44. The maximum Gasteiger partial charge on any atom is 0.111 e. The molecule has 2 aromatic carbocycles. The van der Waals surface area contributed by atoms with E-state index in [9.17, 15) is 0 Å². The van der Waals surface area contributed by atoms with Crippen molar-refractivity contribution in [3.8, 4) is 11.3 Å². The predicted molar refractivity (Wildman–Crippen MR) is 99.8 cm³/mol. The smallest absolute Gasteiger partial charge is 0.111 e. The summed E-state index contributed by atoms with van der Waals surface area (Å²) in [4.78, 5) is 8.13. The number of unbranched alkanes of at least 4 members (excludes halogenated alkanes) is 1. The van der Waals surface area contributed by atoms with Crippen LogP contribution in [0, 0.1) is 0 Å². The van der Waals surface area contributed by atoms with E-state index in [0.29, 0.717) is 6.54 Å². The number of hydrogen-bond donors (Lipinski definition) is 2. The minimum atomic E-state index is 0.526. The number of nitrogens with one attached hydrogen (secondary N) is 1. The molecule has 0 aliphatic heterocycles. The van der Waals surface area contributed by atoms with Crippen LogP contribution in [0.4, 0.5) is 0 Å². The summed E-state index contributed by atoms with van der Waals surface area (Å²) >= 11 is 0. The Labute approximate surface area is 144 Å². The Morgan fingerprint density at radius 2 is 1.67 bits per heavy atom. The third-order valence-corrected chi connectivity index (χ3v) is 4.42. The maximum atomic E-state index is 5.85. The molecule has 0 spiro atoms. The van der Waals surface area contributed by atoms with Crippen molar-refractivity contribution in [1.29, 1.82) is 0 Å². The monoisotopic (exact) mass is 319 g/mol. The van der Waals surface area contributed by atoms with Gasteiger partial charge in [-0.05, 0) is 29.5 Å².